The van der Waals surface area contributed by atoms with Crippen molar-refractivity contribution in [2.75, 3.05) is 0 Å². The lowest BCUT2D eigenvalue weighted by Gasteiger charge is -2.09. The van der Waals surface area contributed by atoms with E-state index in [2.05, 4.69) is 4.98 Å². The number of rotatable bonds is 4. The quantitative estimate of drug-likeness (QED) is 0.678. The molecule has 0 aliphatic heterocycles. The molecule has 0 unspecified atom stereocenters. The van der Waals surface area contributed by atoms with E-state index < -0.39 is 0 Å². The molecule has 0 radical (unpaired) electrons. The Morgan fingerprint density at radius 2 is 1.76 bits per heavy atom. The van der Waals surface area contributed by atoms with Gasteiger partial charge in [-0.05, 0) is 56.3 Å². The molecule has 0 aliphatic rings. The van der Waals surface area contributed by atoms with Crippen LogP contribution in [0, 0.1) is 5.82 Å². The molecule has 2 aromatic carbocycles. The second kappa shape index (κ2) is 5.69. The maximum Gasteiger partial charge on any atom is 0.279 e. The van der Waals surface area contributed by atoms with Gasteiger partial charge in [-0.3, -0.25) is 0 Å². The summed E-state index contributed by atoms with van der Waals surface area (Å²) >= 11 is 1.32. The van der Waals surface area contributed by atoms with Crippen molar-refractivity contribution in [1.29, 1.82) is 0 Å². The van der Waals surface area contributed by atoms with Crippen molar-refractivity contribution in [3.05, 3.63) is 48.3 Å². The van der Waals surface area contributed by atoms with Gasteiger partial charge in [0.2, 0.25) is 0 Å². The van der Waals surface area contributed by atoms with Crippen LogP contribution in [0.3, 0.4) is 0 Å². The van der Waals surface area contributed by atoms with Gasteiger partial charge >= 0.3 is 0 Å². The molecule has 0 fully saturated rings. The predicted octanol–water partition coefficient (Wildman–Crippen LogP) is 5.01. The monoisotopic (exact) mass is 303 g/mol. The SMILES string of the molecule is CC(C)Oc1ccc(Oc2nc3ccc(F)cc3s2)cc1. The van der Waals surface area contributed by atoms with E-state index in [9.17, 15) is 4.39 Å². The van der Waals surface area contributed by atoms with Crippen LogP contribution in [0.4, 0.5) is 4.39 Å². The fraction of sp³-hybridized carbons (Fsp3) is 0.188. The molecule has 5 heteroatoms. The van der Waals surface area contributed by atoms with E-state index >= 15 is 0 Å². The molecule has 0 aliphatic carbocycles. The standard InChI is InChI=1S/C16H14FNO2S/c1-10(2)19-12-4-6-13(7-5-12)20-16-18-14-8-3-11(17)9-15(14)21-16/h3-10H,1-2H3. The summed E-state index contributed by atoms with van der Waals surface area (Å²) in [6.07, 6.45) is 0.135. The van der Waals surface area contributed by atoms with Crippen LogP contribution in [0.15, 0.2) is 42.5 Å². The molecule has 0 N–H and O–H groups in total. The molecule has 3 aromatic rings. The molecule has 3 nitrogen and oxygen atoms in total. The predicted molar refractivity (Wildman–Crippen MR) is 81.9 cm³/mol. The molecule has 0 atom stereocenters. The first-order valence-corrected chi connectivity index (χ1v) is 7.42. The molecule has 0 spiro atoms. The molecular formula is C16H14FNO2S. The topological polar surface area (TPSA) is 31.4 Å². The lowest BCUT2D eigenvalue weighted by Crippen LogP contribution is -2.05. The van der Waals surface area contributed by atoms with Gasteiger partial charge < -0.3 is 9.47 Å². The van der Waals surface area contributed by atoms with Gasteiger partial charge in [-0.1, -0.05) is 11.3 Å². The third kappa shape index (κ3) is 3.31. The minimum Gasteiger partial charge on any atom is -0.491 e. The summed E-state index contributed by atoms with van der Waals surface area (Å²) in [7, 11) is 0. The first kappa shape index (κ1) is 13.8. The zero-order valence-electron chi connectivity index (χ0n) is 11.7. The summed E-state index contributed by atoms with van der Waals surface area (Å²) < 4.78 is 25.2. The van der Waals surface area contributed by atoms with Gasteiger partial charge in [0.15, 0.2) is 0 Å². The highest BCUT2D eigenvalue weighted by Gasteiger charge is 2.07. The van der Waals surface area contributed by atoms with Crippen LogP contribution >= 0.6 is 11.3 Å². The number of aromatic nitrogens is 1. The van der Waals surface area contributed by atoms with Gasteiger partial charge in [-0.2, -0.15) is 0 Å². The Hall–Kier alpha value is -2.14. The first-order chi connectivity index (χ1) is 10.1. The Kier molecular flexibility index (Phi) is 3.75. The van der Waals surface area contributed by atoms with E-state index in [0.29, 0.717) is 10.9 Å². The Morgan fingerprint density at radius 1 is 1.05 bits per heavy atom. The Bertz CT molecular complexity index is 753. The number of hydrogen-bond donors (Lipinski definition) is 0. The molecule has 3 rings (SSSR count). The molecule has 1 aromatic heterocycles. The van der Waals surface area contributed by atoms with Crippen molar-refractivity contribution in [3.8, 4) is 16.7 Å². The van der Waals surface area contributed by atoms with Crippen LogP contribution < -0.4 is 9.47 Å². The number of halogens is 1. The Morgan fingerprint density at radius 3 is 2.48 bits per heavy atom. The first-order valence-electron chi connectivity index (χ1n) is 6.61. The number of benzene rings is 2. The molecule has 0 saturated carbocycles. The molecule has 21 heavy (non-hydrogen) atoms. The van der Waals surface area contributed by atoms with Crippen molar-refractivity contribution in [3.63, 3.8) is 0 Å². The zero-order valence-corrected chi connectivity index (χ0v) is 12.5. The van der Waals surface area contributed by atoms with Gasteiger partial charge in [0, 0.05) is 0 Å². The van der Waals surface area contributed by atoms with Gasteiger partial charge in [-0.15, -0.1) is 0 Å². The number of thiazole rings is 1. The van der Waals surface area contributed by atoms with Crippen LogP contribution in [-0.4, -0.2) is 11.1 Å². The van der Waals surface area contributed by atoms with Gasteiger partial charge in [-0.25, -0.2) is 9.37 Å². The maximum atomic E-state index is 13.1. The van der Waals surface area contributed by atoms with Crippen LogP contribution in [0.2, 0.25) is 0 Å². The summed E-state index contributed by atoms with van der Waals surface area (Å²) in [4.78, 5) is 4.32. The van der Waals surface area contributed by atoms with E-state index in [-0.39, 0.29) is 11.9 Å². The minimum atomic E-state index is -0.270. The molecule has 0 saturated heterocycles. The van der Waals surface area contributed by atoms with Gasteiger partial charge in [0.05, 0.1) is 16.3 Å². The smallest absolute Gasteiger partial charge is 0.279 e. The summed E-state index contributed by atoms with van der Waals surface area (Å²) in [6.45, 7) is 3.95. The summed E-state index contributed by atoms with van der Waals surface area (Å²) in [5.74, 6) is 1.20. The average Bonchev–Trinajstić information content (AvgIpc) is 2.82. The largest absolute Gasteiger partial charge is 0.491 e. The minimum absolute atomic E-state index is 0.135. The second-order valence-corrected chi connectivity index (χ2v) is 5.83. The number of nitrogens with zero attached hydrogens (tertiary/aromatic N) is 1. The van der Waals surface area contributed by atoms with E-state index in [1.54, 1.807) is 6.07 Å². The third-order valence-corrected chi connectivity index (χ3v) is 3.63. The van der Waals surface area contributed by atoms with Crippen molar-refractivity contribution >= 4 is 21.6 Å². The lowest BCUT2D eigenvalue weighted by atomic mass is 10.3. The summed E-state index contributed by atoms with van der Waals surface area (Å²) in [5.41, 5.74) is 0.733. The highest BCUT2D eigenvalue weighted by Crippen LogP contribution is 2.32. The van der Waals surface area contributed by atoms with Crippen LogP contribution in [0.1, 0.15) is 13.8 Å². The molecule has 0 bridgehead atoms. The zero-order chi connectivity index (χ0) is 14.8. The van der Waals surface area contributed by atoms with Crippen LogP contribution in [-0.2, 0) is 0 Å². The fourth-order valence-corrected chi connectivity index (χ4v) is 2.74. The fourth-order valence-electron chi connectivity index (χ4n) is 1.88. The van der Waals surface area contributed by atoms with Crippen molar-refractivity contribution in [2.24, 2.45) is 0 Å². The molecule has 1 heterocycles. The Labute approximate surface area is 126 Å². The van der Waals surface area contributed by atoms with E-state index in [1.807, 2.05) is 38.1 Å². The average molecular weight is 303 g/mol. The van der Waals surface area contributed by atoms with Gasteiger partial charge in [0.25, 0.3) is 5.19 Å². The van der Waals surface area contributed by atoms with Crippen molar-refractivity contribution in [1.82, 2.24) is 4.98 Å². The van der Waals surface area contributed by atoms with E-state index in [0.717, 1.165) is 16.0 Å². The lowest BCUT2D eigenvalue weighted by molar-refractivity contribution is 0.242. The third-order valence-electron chi connectivity index (χ3n) is 2.73. The Balaban J connectivity index is 1.78. The maximum absolute atomic E-state index is 13.1. The van der Waals surface area contributed by atoms with Crippen LogP contribution in [0.25, 0.3) is 10.2 Å². The highest BCUT2D eigenvalue weighted by molar-refractivity contribution is 7.20. The highest BCUT2D eigenvalue weighted by atomic mass is 32.1. The van der Waals surface area contributed by atoms with E-state index in [4.69, 9.17) is 9.47 Å². The van der Waals surface area contributed by atoms with Gasteiger partial charge in [0.1, 0.15) is 17.3 Å². The normalized spacial score (nSPS) is 11.0. The summed E-state index contributed by atoms with van der Waals surface area (Å²) in [6, 6.07) is 11.8. The van der Waals surface area contributed by atoms with Crippen molar-refractivity contribution < 1.29 is 13.9 Å². The summed E-state index contributed by atoms with van der Waals surface area (Å²) in [5, 5.41) is 0.494. The number of fused-ring (bicyclic) bond motifs is 1. The molecule has 0 amide bonds. The number of hydrogen-bond acceptors (Lipinski definition) is 4. The number of ether oxygens (including phenoxy) is 2. The van der Waals surface area contributed by atoms with E-state index in [1.165, 1.54) is 23.5 Å². The van der Waals surface area contributed by atoms with Crippen LogP contribution in [0.5, 0.6) is 16.7 Å². The molecular weight excluding hydrogens is 289 g/mol. The van der Waals surface area contributed by atoms with Crippen molar-refractivity contribution in [2.45, 2.75) is 20.0 Å². The second-order valence-electron chi connectivity index (χ2n) is 4.83. The molecule has 108 valence electrons.